The van der Waals surface area contributed by atoms with Gasteiger partial charge in [-0.05, 0) is 37.3 Å². The molecule has 0 amide bonds. The Morgan fingerprint density at radius 3 is 2.59 bits per heavy atom. The molecule has 5 heteroatoms. The van der Waals surface area contributed by atoms with Gasteiger partial charge in [0.25, 0.3) is 0 Å². The van der Waals surface area contributed by atoms with Gasteiger partial charge in [-0.25, -0.2) is 4.68 Å². The number of aromatic nitrogens is 2. The molecule has 0 radical (unpaired) electrons. The van der Waals surface area contributed by atoms with E-state index in [0.29, 0.717) is 12.2 Å². The van der Waals surface area contributed by atoms with Crippen LogP contribution in [0.3, 0.4) is 0 Å². The second kappa shape index (κ2) is 5.89. The molecule has 22 heavy (non-hydrogen) atoms. The Balaban J connectivity index is 1.91. The highest BCUT2D eigenvalue weighted by molar-refractivity contribution is 5.80. The Kier molecular flexibility index (Phi) is 3.78. The molecule has 0 unspecified atom stereocenters. The maximum absolute atomic E-state index is 12.2. The Bertz CT molecular complexity index is 854. The van der Waals surface area contributed by atoms with Gasteiger partial charge in [0.1, 0.15) is 17.9 Å². The van der Waals surface area contributed by atoms with Crippen molar-refractivity contribution in [2.75, 3.05) is 12.4 Å². The van der Waals surface area contributed by atoms with E-state index in [1.54, 1.807) is 23.9 Å². The Morgan fingerprint density at radius 1 is 1.14 bits per heavy atom. The highest BCUT2D eigenvalue weighted by Gasteiger charge is 2.08. The summed E-state index contributed by atoms with van der Waals surface area (Å²) in [5.41, 5.74) is 2.37. The number of hydrogen-bond acceptors (Lipinski definition) is 4. The normalized spacial score (nSPS) is 10.6. The van der Waals surface area contributed by atoms with Crippen LogP contribution in [-0.4, -0.2) is 16.9 Å². The molecule has 3 rings (SSSR count). The lowest BCUT2D eigenvalue weighted by molar-refractivity contribution is 0.415. The Morgan fingerprint density at radius 2 is 1.86 bits per heavy atom. The number of ether oxygens (including phenoxy) is 1. The van der Waals surface area contributed by atoms with Crippen molar-refractivity contribution in [1.82, 2.24) is 9.78 Å². The summed E-state index contributed by atoms with van der Waals surface area (Å²) in [7, 11) is 1.64. The number of rotatable bonds is 4. The van der Waals surface area contributed by atoms with Crippen LogP contribution in [-0.2, 0) is 6.67 Å². The molecule has 1 heterocycles. The largest absolute Gasteiger partial charge is 0.497 e. The highest BCUT2D eigenvalue weighted by Crippen LogP contribution is 2.17. The zero-order valence-corrected chi connectivity index (χ0v) is 12.5. The highest BCUT2D eigenvalue weighted by atomic mass is 16.5. The standard InChI is InChI=1S/C17H17N3O2/c1-12-15-5-3-4-6-16(21)17(15)20(19-12)11-18-13-7-9-14(22-2)10-8-13/h3-10,18H,11H2,1-2H3. The van der Waals surface area contributed by atoms with Crippen molar-refractivity contribution in [2.24, 2.45) is 0 Å². The van der Waals surface area contributed by atoms with Crippen molar-refractivity contribution >= 4 is 16.6 Å². The minimum absolute atomic E-state index is 0.0304. The third-order valence-electron chi connectivity index (χ3n) is 3.55. The lowest BCUT2D eigenvalue weighted by Gasteiger charge is -2.08. The second-order valence-electron chi connectivity index (χ2n) is 4.99. The van der Waals surface area contributed by atoms with Crippen LogP contribution in [0, 0.1) is 6.92 Å². The third kappa shape index (κ3) is 2.65. The van der Waals surface area contributed by atoms with Gasteiger partial charge in [0, 0.05) is 11.1 Å². The van der Waals surface area contributed by atoms with Crippen LogP contribution >= 0.6 is 0 Å². The number of aryl methyl sites for hydroxylation is 1. The minimum Gasteiger partial charge on any atom is -0.497 e. The van der Waals surface area contributed by atoms with E-state index in [1.807, 2.05) is 43.3 Å². The molecule has 1 N–H and O–H groups in total. The van der Waals surface area contributed by atoms with Gasteiger partial charge in [0.15, 0.2) is 0 Å². The van der Waals surface area contributed by atoms with Crippen LogP contribution < -0.4 is 15.5 Å². The maximum atomic E-state index is 12.2. The van der Waals surface area contributed by atoms with Crippen LogP contribution in [0.1, 0.15) is 5.69 Å². The molecule has 1 aromatic heterocycles. The van der Waals surface area contributed by atoms with Crippen molar-refractivity contribution in [1.29, 1.82) is 0 Å². The second-order valence-corrected chi connectivity index (χ2v) is 4.99. The van der Waals surface area contributed by atoms with E-state index in [1.165, 1.54) is 0 Å². The van der Waals surface area contributed by atoms with Gasteiger partial charge in [-0.1, -0.05) is 18.2 Å². The summed E-state index contributed by atoms with van der Waals surface area (Å²) in [5.74, 6) is 0.805. The van der Waals surface area contributed by atoms with Crippen LogP contribution in [0.25, 0.3) is 10.9 Å². The predicted octanol–water partition coefficient (Wildman–Crippen LogP) is 2.78. The first-order valence-corrected chi connectivity index (χ1v) is 7.03. The molecule has 2 aromatic carbocycles. The van der Waals surface area contributed by atoms with Crippen LogP contribution in [0.2, 0.25) is 0 Å². The summed E-state index contributed by atoms with van der Waals surface area (Å²) in [6.07, 6.45) is 0. The molecule has 0 saturated heterocycles. The first-order chi connectivity index (χ1) is 10.7. The molecule has 112 valence electrons. The molecular weight excluding hydrogens is 278 g/mol. The van der Waals surface area contributed by atoms with E-state index < -0.39 is 0 Å². The van der Waals surface area contributed by atoms with Crippen molar-refractivity contribution in [3.05, 3.63) is 64.4 Å². The molecule has 3 aromatic rings. The predicted molar refractivity (Wildman–Crippen MR) is 87.4 cm³/mol. The topological polar surface area (TPSA) is 56.1 Å². The number of nitrogens with zero attached hydrogens (tertiary/aromatic N) is 2. The van der Waals surface area contributed by atoms with E-state index in [2.05, 4.69) is 10.4 Å². The molecule has 0 saturated carbocycles. The minimum atomic E-state index is -0.0304. The fraction of sp³-hybridized carbons (Fsp3) is 0.176. The lowest BCUT2D eigenvalue weighted by atomic mass is 10.3. The molecule has 0 aliphatic heterocycles. The maximum Gasteiger partial charge on any atom is 0.204 e. The quantitative estimate of drug-likeness (QED) is 0.804. The molecule has 0 fully saturated rings. The first-order valence-electron chi connectivity index (χ1n) is 7.03. The Labute approximate surface area is 128 Å². The van der Waals surface area contributed by atoms with E-state index in [0.717, 1.165) is 22.5 Å². The first kappa shape index (κ1) is 14.1. The number of nitrogens with one attached hydrogen (secondary N) is 1. The van der Waals surface area contributed by atoms with E-state index >= 15 is 0 Å². The molecule has 0 aliphatic rings. The summed E-state index contributed by atoms with van der Waals surface area (Å²) >= 11 is 0. The van der Waals surface area contributed by atoms with Crippen LogP contribution in [0.15, 0.2) is 53.3 Å². The number of anilines is 1. The summed E-state index contributed by atoms with van der Waals surface area (Å²) in [6.45, 7) is 2.33. The fourth-order valence-electron chi connectivity index (χ4n) is 2.42. The van der Waals surface area contributed by atoms with Gasteiger partial charge in [0.05, 0.1) is 12.8 Å². The van der Waals surface area contributed by atoms with Crippen molar-refractivity contribution in [3.8, 4) is 5.75 Å². The van der Waals surface area contributed by atoms with E-state index in [4.69, 9.17) is 4.74 Å². The molecular formula is C17H17N3O2. The zero-order valence-electron chi connectivity index (χ0n) is 12.5. The summed E-state index contributed by atoms with van der Waals surface area (Å²) < 4.78 is 6.84. The molecule has 0 atom stereocenters. The SMILES string of the molecule is COc1ccc(NCn2nc(C)c3ccccc(=O)c32)cc1. The summed E-state index contributed by atoms with van der Waals surface area (Å²) in [5, 5.41) is 8.60. The van der Waals surface area contributed by atoms with Gasteiger partial charge in [-0.2, -0.15) is 5.10 Å². The fourth-order valence-corrected chi connectivity index (χ4v) is 2.42. The number of methoxy groups -OCH3 is 1. The number of fused-ring (bicyclic) bond motifs is 1. The van der Waals surface area contributed by atoms with Gasteiger partial charge < -0.3 is 10.1 Å². The van der Waals surface area contributed by atoms with E-state index in [9.17, 15) is 4.79 Å². The van der Waals surface area contributed by atoms with Crippen molar-refractivity contribution in [3.63, 3.8) is 0 Å². The van der Waals surface area contributed by atoms with Crippen LogP contribution in [0.5, 0.6) is 5.75 Å². The smallest absolute Gasteiger partial charge is 0.204 e. The lowest BCUT2D eigenvalue weighted by Crippen LogP contribution is -2.13. The monoisotopic (exact) mass is 295 g/mol. The molecule has 5 nitrogen and oxygen atoms in total. The van der Waals surface area contributed by atoms with Gasteiger partial charge in [-0.3, -0.25) is 4.79 Å². The third-order valence-corrected chi connectivity index (χ3v) is 3.55. The van der Waals surface area contributed by atoms with Gasteiger partial charge >= 0.3 is 0 Å². The van der Waals surface area contributed by atoms with Gasteiger partial charge in [0.2, 0.25) is 5.43 Å². The van der Waals surface area contributed by atoms with Crippen molar-refractivity contribution in [2.45, 2.75) is 13.6 Å². The molecule has 0 spiro atoms. The van der Waals surface area contributed by atoms with E-state index in [-0.39, 0.29) is 5.43 Å². The summed E-state index contributed by atoms with van der Waals surface area (Å²) in [6, 6.07) is 14.7. The Hall–Kier alpha value is -2.82. The zero-order chi connectivity index (χ0) is 15.5. The van der Waals surface area contributed by atoms with Crippen LogP contribution in [0.4, 0.5) is 5.69 Å². The summed E-state index contributed by atoms with van der Waals surface area (Å²) in [4.78, 5) is 12.2. The average molecular weight is 295 g/mol. The number of hydrogen-bond donors (Lipinski definition) is 1. The van der Waals surface area contributed by atoms with Gasteiger partial charge in [-0.15, -0.1) is 0 Å². The number of benzene rings is 1. The average Bonchev–Trinajstić information content (AvgIpc) is 2.72. The molecule has 0 bridgehead atoms. The molecule has 0 aliphatic carbocycles. The van der Waals surface area contributed by atoms with Crippen molar-refractivity contribution < 1.29 is 4.74 Å².